The smallest absolute Gasteiger partial charge is 0.425 e. The van der Waals surface area contributed by atoms with E-state index in [1.807, 2.05) is 0 Å². The molecule has 2 N–H and O–H groups in total. The maximum Gasteiger partial charge on any atom is 0.425 e. The molecule has 0 saturated carbocycles. The summed E-state index contributed by atoms with van der Waals surface area (Å²) in [5.74, 6) is -2.14. The zero-order valence-corrected chi connectivity index (χ0v) is 9.66. The summed E-state index contributed by atoms with van der Waals surface area (Å²) in [7, 11) is 0. The van der Waals surface area contributed by atoms with Crippen molar-refractivity contribution >= 4 is 34.8 Å². The Morgan fingerprint density at radius 3 is 2.79 bits per heavy atom. The van der Waals surface area contributed by atoms with Gasteiger partial charge in [-0.05, 0) is 0 Å². The van der Waals surface area contributed by atoms with Crippen molar-refractivity contribution in [3.8, 4) is 0 Å². The number of halogens is 3. The van der Waals surface area contributed by atoms with Gasteiger partial charge in [0.2, 0.25) is 29.7 Å². The molecule has 0 aliphatic rings. The lowest BCUT2D eigenvalue weighted by atomic mass is 10.4. The average molecular weight is 298 g/mol. The minimum Gasteiger partial charge on any atom is -0.476 e. The van der Waals surface area contributed by atoms with Crippen LogP contribution in [0, 0.1) is 0 Å². The van der Waals surface area contributed by atoms with E-state index >= 15 is 0 Å². The molecule has 12 heteroatoms. The largest absolute Gasteiger partial charge is 0.476 e. The fourth-order valence-corrected chi connectivity index (χ4v) is 1.30. The highest BCUT2D eigenvalue weighted by Gasteiger charge is 2.29. The molecule has 0 aromatic carbocycles. The first kappa shape index (κ1) is 14.8. The van der Waals surface area contributed by atoms with Gasteiger partial charge < -0.3 is 15.3 Å². The second-order valence-electron chi connectivity index (χ2n) is 2.82. The van der Waals surface area contributed by atoms with Gasteiger partial charge in [-0.2, -0.15) is 22.5 Å². The van der Waals surface area contributed by atoms with Crippen LogP contribution in [0.4, 0.5) is 18.3 Å². The lowest BCUT2D eigenvalue weighted by Gasteiger charge is -2.03. The molecule has 1 rings (SSSR count). The van der Waals surface area contributed by atoms with Crippen molar-refractivity contribution in [3.05, 3.63) is 5.82 Å². The lowest BCUT2D eigenvalue weighted by molar-refractivity contribution is -0.174. The first-order chi connectivity index (χ1) is 8.83. The van der Waals surface area contributed by atoms with Crippen LogP contribution in [0.1, 0.15) is 5.82 Å². The Kier molecular flexibility index (Phi) is 4.74. The SMILES string of the molecule is O=CNc1nc(/C(=N\OCC(F)(F)F)C(=O)O)ns1. The van der Waals surface area contributed by atoms with Gasteiger partial charge in [0, 0.05) is 11.5 Å². The molecule has 8 nitrogen and oxygen atoms in total. The first-order valence-electron chi connectivity index (χ1n) is 4.37. The van der Waals surface area contributed by atoms with Crippen LogP contribution in [-0.2, 0) is 14.4 Å². The maximum atomic E-state index is 11.8. The number of carbonyl (C=O) groups is 2. The van der Waals surface area contributed by atoms with Crippen LogP contribution in [0.25, 0.3) is 0 Å². The quantitative estimate of drug-likeness (QED) is 0.448. The van der Waals surface area contributed by atoms with Gasteiger partial charge in [-0.3, -0.25) is 4.79 Å². The van der Waals surface area contributed by atoms with Gasteiger partial charge in [-0.15, -0.1) is 0 Å². The standard InChI is InChI=1S/C7H5F3N4O4S/c8-7(9,10)1-18-13-3(5(16)17)4-12-6(11-2-15)19-14-4/h2H,1H2,(H,16,17)(H,11,12,14,15)/b13-3+. The molecule has 0 saturated heterocycles. The van der Waals surface area contributed by atoms with E-state index in [0.717, 1.165) is 0 Å². The molecule has 0 spiro atoms. The predicted octanol–water partition coefficient (Wildman–Crippen LogP) is 0.474. The highest BCUT2D eigenvalue weighted by molar-refractivity contribution is 7.10. The molecule has 0 aliphatic heterocycles. The second kappa shape index (κ2) is 6.08. The molecule has 0 unspecified atom stereocenters. The summed E-state index contributed by atoms with van der Waals surface area (Å²) < 4.78 is 38.9. The zero-order valence-electron chi connectivity index (χ0n) is 8.84. The number of carboxylic acid groups (broad SMARTS) is 1. The molecule has 1 aromatic heterocycles. The Morgan fingerprint density at radius 1 is 1.58 bits per heavy atom. The number of anilines is 1. The van der Waals surface area contributed by atoms with Crippen molar-refractivity contribution in [2.75, 3.05) is 11.9 Å². The number of hydrogen-bond donors (Lipinski definition) is 2. The average Bonchev–Trinajstić information content (AvgIpc) is 2.71. The van der Waals surface area contributed by atoms with Crippen LogP contribution in [0.5, 0.6) is 0 Å². The van der Waals surface area contributed by atoms with Crippen molar-refractivity contribution in [3.63, 3.8) is 0 Å². The van der Waals surface area contributed by atoms with E-state index in [9.17, 15) is 22.8 Å². The number of hydrogen-bond acceptors (Lipinski definition) is 7. The number of carbonyl (C=O) groups excluding carboxylic acids is 1. The molecule has 0 aliphatic carbocycles. The fourth-order valence-electron chi connectivity index (χ4n) is 0.774. The van der Waals surface area contributed by atoms with Crippen LogP contribution in [0.2, 0.25) is 0 Å². The number of aliphatic carboxylic acids is 1. The van der Waals surface area contributed by atoms with E-state index in [1.165, 1.54) is 0 Å². The predicted molar refractivity (Wildman–Crippen MR) is 55.8 cm³/mol. The number of nitrogens with zero attached hydrogens (tertiary/aromatic N) is 3. The van der Waals surface area contributed by atoms with Gasteiger partial charge in [0.15, 0.2) is 0 Å². The summed E-state index contributed by atoms with van der Waals surface area (Å²) in [4.78, 5) is 28.3. The fraction of sp³-hybridized carbons (Fsp3) is 0.286. The summed E-state index contributed by atoms with van der Waals surface area (Å²) in [5, 5.41) is 13.6. The Labute approximate surface area is 107 Å². The van der Waals surface area contributed by atoms with Crippen LogP contribution < -0.4 is 5.32 Å². The Morgan fingerprint density at radius 2 is 2.26 bits per heavy atom. The van der Waals surface area contributed by atoms with Crippen molar-refractivity contribution in [1.29, 1.82) is 0 Å². The number of amides is 1. The number of carboxylic acids is 1. The summed E-state index contributed by atoms with van der Waals surface area (Å²) in [5.41, 5.74) is -0.903. The van der Waals surface area contributed by atoms with E-state index in [4.69, 9.17) is 5.11 Å². The van der Waals surface area contributed by atoms with E-state index in [1.54, 1.807) is 0 Å². The minimum absolute atomic E-state index is 0.0326. The number of alkyl halides is 3. The molecule has 1 aromatic rings. The molecule has 1 heterocycles. The third kappa shape index (κ3) is 4.87. The Hall–Kier alpha value is -2.24. The normalized spacial score (nSPS) is 12.1. The molecule has 104 valence electrons. The van der Waals surface area contributed by atoms with Gasteiger partial charge in [0.05, 0.1) is 0 Å². The summed E-state index contributed by atoms with van der Waals surface area (Å²) in [6.07, 6.45) is -4.37. The molecular weight excluding hydrogens is 293 g/mol. The van der Waals surface area contributed by atoms with Crippen LogP contribution in [0.15, 0.2) is 5.16 Å². The highest BCUT2D eigenvalue weighted by atomic mass is 32.1. The third-order valence-corrected chi connectivity index (χ3v) is 2.05. The maximum absolute atomic E-state index is 11.8. The number of oxime groups is 1. The molecule has 19 heavy (non-hydrogen) atoms. The van der Waals surface area contributed by atoms with Crippen molar-refractivity contribution in [1.82, 2.24) is 9.36 Å². The minimum atomic E-state index is -4.65. The van der Waals surface area contributed by atoms with Gasteiger partial charge in [-0.25, -0.2) is 4.79 Å². The zero-order chi connectivity index (χ0) is 14.5. The highest BCUT2D eigenvalue weighted by Crippen LogP contribution is 2.15. The molecule has 0 bridgehead atoms. The summed E-state index contributed by atoms with van der Waals surface area (Å²) >= 11 is 0.633. The Bertz CT molecular complexity index is 501. The molecule has 0 atom stereocenters. The lowest BCUT2D eigenvalue weighted by Crippen LogP contribution is -2.20. The summed E-state index contributed by atoms with van der Waals surface area (Å²) in [6, 6.07) is 0. The van der Waals surface area contributed by atoms with Crippen LogP contribution in [0.3, 0.4) is 0 Å². The van der Waals surface area contributed by atoms with E-state index in [0.29, 0.717) is 11.5 Å². The van der Waals surface area contributed by atoms with Gasteiger partial charge in [0.25, 0.3) is 0 Å². The van der Waals surface area contributed by atoms with E-state index < -0.39 is 30.3 Å². The third-order valence-electron chi connectivity index (χ3n) is 1.41. The van der Waals surface area contributed by atoms with Gasteiger partial charge in [0.1, 0.15) is 0 Å². The summed E-state index contributed by atoms with van der Waals surface area (Å²) in [6.45, 7) is -1.74. The van der Waals surface area contributed by atoms with E-state index in [-0.39, 0.29) is 11.5 Å². The molecule has 0 fully saturated rings. The second-order valence-corrected chi connectivity index (χ2v) is 3.57. The number of nitrogens with one attached hydrogen (secondary N) is 1. The van der Waals surface area contributed by atoms with Crippen molar-refractivity contribution in [2.45, 2.75) is 6.18 Å². The monoisotopic (exact) mass is 298 g/mol. The number of aromatic nitrogens is 2. The molecule has 1 amide bonds. The van der Waals surface area contributed by atoms with Gasteiger partial charge >= 0.3 is 12.1 Å². The topological polar surface area (TPSA) is 114 Å². The first-order valence-corrected chi connectivity index (χ1v) is 5.15. The molecular formula is C7H5F3N4O4S. The number of rotatable bonds is 6. The van der Waals surface area contributed by atoms with Crippen molar-refractivity contribution in [2.24, 2.45) is 5.16 Å². The Balaban J connectivity index is 2.84. The molecule has 0 radical (unpaired) electrons. The van der Waals surface area contributed by atoms with Gasteiger partial charge in [-0.1, -0.05) is 5.16 Å². The van der Waals surface area contributed by atoms with Crippen LogP contribution in [-0.4, -0.2) is 45.3 Å². The van der Waals surface area contributed by atoms with Crippen molar-refractivity contribution < 1.29 is 32.7 Å². The van der Waals surface area contributed by atoms with Crippen LogP contribution >= 0.6 is 11.5 Å². The van der Waals surface area contributed by atoms with E-state index in [2.05, 4.69) is 24.7 Å².